The third-order valence-corrected chi connectivity index (χ3v) is 8.28. The predicted octanol–water partition coefficient (Wildman–Crippen LogP) is 3.64. The van der Waals surface area contributed by atoms with Gasteiger partial charge in [-0.2, -0.15) is 4.31 Å². The molecule has 0 spiro atoms. The minimum Gasteiger partial charge on any atom is -0.462 e. The Bertz CT molecular complexity index is 1060. The van der Waals surface area contributed by atoms with Gasteiger partial charge in [0.15, 0.2) is 0 Å². The molecule has 1 aromatic carbocycles. The molecule has 162 valence electrons. The number of carbonyl (C=O) groups is 2. The van der Waals surface area contributed by atoms with Crippen molar-refractivity contribution in [2.24, 2.45) is 0 Å². The van der Waals surface area contributed by atoms with Gasteiger partial charge in [-0.25, -0.2) is 13.2 Å². The molecule has 2 aromatic rings. The van der Waals surface area contributed by atoms with Crippen LogP contribution in [0.15, 0.2) is 29.2 Å². The Kier molecular flexibility index (Phi) is 6.64. The minimum absolute atomic E-state index is 0.169. The monoisotopic (exact) mass is 450 g/mol. The molecule has 0 aliphatic carbocycles. The smallest absolute Gasteiger partial charge is 0.341 e. The quantitative estimate of drug-likeness (QED) is 0.678. The Morgan fingerprint density at radius 2 is 1.87 bits per heavy atom. The number of benzene rings is 1. The Balaban J connectivity index is 1.86. The first-order chi connectivity index (χ1) is 14.2. The number of amides is 1. The van der Waals surface area contributed by atoms with Crippen LogP contribution in [0, 0.1) is 20.8 Å². The van der Waals surface area contributed by atoms with Gasteiger partial charge in [0.25, 0.3) is 0 Å². The second-order valence-corrected chi connectivity index (χ2v) is 10.4. The standard InChI is InChI=1S/C21H26N2O5S2/c1-5-28-21(25)18-14(3)15(4)29-20(18)22-19(24)17-7-6-12-23(17)30(26,27)16-10-8-13(2)9-11-16/h8-11,17H,5-7,12H2,1-4H3,(H,22,24)/t17-/m0/s1. The summed E-state index contributed by atoms with van der Waals surface area (Å²) < 4.78 is 32.6. The van der Waals surface area contributed by atoms with Crippen LogP contribution >= 0.6 is 11.3 Å². The van der Waals surface area contributed by atoms with Crippen LogP contribution in [0.2, 0.25) is 0 Å². The van der Waals surface area contributed by atoms with E-state index in [1.807, 2.05) is 13.8 Å². The SMILES string of the molecule is CCOC(=O)c1c(NC(=O)[C@@H]2CCCN2S(=O)(=O)c2ccc(C)cc2)sc(C)c1C. The first kappa shape index (κ1) is 22.5. The molecule has 1 aliphatic rings. The largest absolute Gasteiger partial charge is 0.462 e. The molecular weight excluding hydrogens is 424 g/mol. The van der Waals surface area contributed by atoms with Gasteiger partial charge in [-0.3, -0.25) is 4.79 Å². The molecule has 3 rings (SSSR count). The predicted molar refractivity (Wildman–Crippen MR) is 116 cm³/mol. The summed E-state index contributed by atoms with van der Waals surface area (Å²) in [7, 11) is -3.80. The number of thiophene rings is 1. The van der Waals surface area contributed by atoms with Crippen LogP contribution in [0.3, 0.4) is 0 Å². The lowest BCUT2D eigenvalue weighted by Crippen LogP contribution is -2.43. The number of hydrogen-bond donors (Lipinski definition) is 1. The molecule has 0 unspecified atom stereocenters. The number of ether oxygens (including phenoxy) is 1. The van der Waals surface area contributed by atoms with Crippen molar-refractivity contribution in [3.05, 3.63) is 45.8 Å². The fraction of sp³-hybridized carbons (Fsp3) is 0.429. The van der Waals surface area contributed by atoms with Gasteiger partial charge in [0, 0.05) is 11.4 Å². The molecule has 9 heteroatoms. The maximum Gasteiger partial charge on any atom is 0.341 e. The minimum atomic E-state index is -3.80. The summed E-state index contributed by atoms with van der Waals surface area (Å²) in [6.45, 7) is 7.78. The van der Waals surface area contributed by atoms with E-state index < -0.39 is 27.9 Å². The summed E-state index contributed by atoms with van der Waals surface area (Å²) in [4.78, 5) is 26.5. The molecule has 1 aliphatic heterocycles. The van der Waals surface area contributed by atoms with Gasteiger partial charge in [-0.1, -0.05) is 17.7 Å². The number of nitrogens with zero attached hydrogens (tertiary/aromatic N) is 1. The van der Waals surface area contributed by atoms with Crippen molar-refractivity contribution < 1.29 is 22.7 Å². The topological polar surface area (TPSA) is 92.8 Å². The molecule has 1 fully saturated rings. The van der Waals surface area contributed by atoms with Gasteiger partial charge in [0.05, 0.1) is 17.1 Å². The molecule has 1 saturated heterocycles. The lowest BCUT2D eigenvalue weighted by Gasteiger charge is -2.23. The third kappa shape index (κ3) is 4.28. The van der Waals surface area contributed by atoms with Gasteiger partial charge in [-0.15, -0.1) is 11.3 Å². The molecule has 1 N–H and O–H groups in total. The molecule has 30 heavy (non-hydrogen) atoms. The van der Waals surface area contributed by atoms with Crippen LogP contribution in [-0.2, 0) is 19.6 Å². The van der Waals surface area contributed by atoms with E-state index in [1.165, 1.54) is 15.6 Å². The molecule has 1 aromatic heterocycles. The zero-order valence-corrected chi connectivity index (χ0v) is 19.2. The maximum absolute atomic E-state index is 13.1. The molecule has 1 atom stereocenters. The van der Waals surface area contributed by atoms with Crippen LogP contribution in [0.4, 0.5) is 5.00 Å². The summed E-state index contributed by atoms with van der Waals surface area (Å²) in [6.07, 6.45) is 1.02. The van der Waals surface area contributed by atoms with Crippen molar-refractivity contribution in [3.8, 4) is 0 Å². The summed E-state index contributed by atoms with van der Waals surface area (Å²) in [5.74, 6) is -0.930. The van der Waals surface area contributed by atoms with Crippen molar-refractivity contribution >= 4 is 38.2 Å². The molecular formula is C21H26N2O5S2. The average molecular weight is 451 g/mol. The number of aryl methyl sites for hydroxylation is 2. The number of esters is 1. The van der Waals surface area contributed by atoms with E-state index in [0.29, 0.717) is 23.4 Å². The highest BCUT2D eigenvalue weighted by molar-refractivity contribution is 7.89. The highest BCUT2D eigenvalue weighted by atomic mass is 32.2. The van der Waals surface area contributed by atoms with Crippen LogP contribution < -0.4 is 5.32 Å². The van der Waals surface area contributed by atoms with Crippen LogP contribution in [-0.4, -0.2) is 43.8 Å². The van der Waals surface area contributed by atoms with Crippen molar-refractivity contribution in [1.82, 2.24) is 4.31 Å². The van der Waals surface area contributed by atoms with Crippen LogP contribution in [0.1, 0.15) is 46.1 Å². The van der Waals surface area contributed by atoms with E-state index >= 15 is 0 Å². The lowest BCUT2D eigenvalue weighted by molar-refractivity contribution is -0.119. The van der Waals surface area contributed by atoms with Crippen molar-refractivity contribution in [3.63, 3.8) is 0 Å². The summed E-state index contributed by atoms with van der Waals surface area (Å²) >= 11 is 1.29. The number of nitrogens with one attached hydrogen (secondary N) is 1. The Morgan fingerprint density at radius 1 is 1.20 bits per heavy atom. The zero-order chi connectivity index (χ0) is 22.1. The van der Waals surface area contributed by atoms with E-state index in [-0.39, 0.29) is 18.0 Å². The maximum atomic E-state index is 13.1. The van der Waals surface area contributed by atoms with E-state index in [4.69, 9.17) is 4.74 Å². The number of hydrogen-bond acceptors (Lipinski definition) is 6. The molecule has 7 nitrogen and oxygen atoms in total. The summed E-state index contributed by atoms with van der Waals surface area (Å²) in [5, 5.41) is 3.19. The molecule has 0 bridgehead atoms. The molecule has 2 heterocycles. The van der Waals surface area contributed by atoms with Gasteiger partial charge < -0.3 is 10.1 Å². The summed E-state index contributed by atoms with van der Waals surface area (Å²) in [6, 6.07) is 5.77. The Hall–Kier alpha value is -2.23. The average Bonchev–Trinajstić information content (AvgIpc) is 3.28. The van der Waals surface area contributed by atoms with E-state index in [0.717, 1.165) is 16.0 Å². The van der Waals surface area contributed by atoms with Gasteiger partial charge in [0.1, 0.15) is 11.0 Å². The zero-order valence-electron chi connectivity index (χ0n) is 17.5. The first-order valence-corrected chi connectivity index (χ1v) is 12.1. The van der Waals surface area contributed by atoms with E-state index in [9.17, 15) is 18.0 Å². The molecule has 0 saturated carbocycles. The van der Waals surface area contributed by atoms with Crippen molar-refractivity contribution in [2.45, 2.75) is 51.5 Å². The van der Waals surface area contributed by atoms with Crippen LogP contribution in [0.5, 0.6) is 0 Å². The Labute approximate surface area is 181 Å². The fourth-order valence-electron chi connectivity index (χ4n) is 3.49. The highest BCUT2D eigenvalue weighted by Crippen LogP contribution is 2.34. The van der Waals surface area contributed by atoms with Gasteiger partial charge >= 0.3 is 5.97 Å². The number of anilines is 1. The molecule has 0 radical (unpaired) electrons. The fourth-order valence-corrected chi connectivity index (χ4v) is 6.20. The van der Waals surface area contributed by atoms with E-state index in [2.05, 4.69) is 5.32 Å². The number of carbonyl (C=O) groups excluding carboxylic acids is 2. The first-order valence-electron chi connectivity index (χ1n) is 9.83. The Morgan fingerprint density at radius 3 is 2.50 bits per heavy atom. The highest BCUT2D eigenvalue weighted by Gasteiger charge is 2.40. The third-order valence-electron chi connectivity index (χ3n) is 5.24. The summed E-state index contributed by atoms with van der Waals surface area (Å²) in [5.41, 5.74) is 2.04. The van der Waals surface area contributed by atoms with Crippen LogP contribution in [0.25, 0.3) is 0 Å². The normalized spacial score (nSPS) is 17.1. The second-order valence-electron chi connectivity index (χ2n) is 7.28. The van der Waals surface area contributed by atoms with Crippen molar-refractivity contribution in [1.29, 1.82) is 0 Å². The number of rotatable bonds is 6. The van der Waals surface area contributed by atoms with Gasteiger partial charge in [-0.05, 0) is 58.2 Å². The van der Waals surface area contributed by atoms with E-state index in [1.54, 1.807) is 38.1 Å². The van der Waals surface area contributed by atoms with Crippen molar-refractivity contribution in [2.75, 3.05) is 18.5 Å². The second kappa shape index (κ2) is 8.87. The van der Waals surface area contributed by atoms with Gasteiger partial charge in [0.2, 0.25) is 15.9 Å². The number of sulfonamides is 1. The molecule has 1 amide bonds. The lowest BCUT2D eigenvalue weighted by atomic mass is 10.1.